The van der Waals surface area contributed by atoms with Gasteiger partial charge in [0.1, 0.15) is 0 Å². The summed E-state index contributed by atoms with van der Waals surface area (Å²) in [5, 5.41) is 11.3. The summed E-state index contributed by atoms with van der Waals surface area (Å²) in [4.78, 5) is 14.7. The number of carbonyl (C=O) groups excluding carboxylic acids is 1. The monoisotopic (exact) mass is 402 g/mol. The molecule has 27 heavy (non-hydrogen) atoms. The molecule has 0 aliphatic heterocycles. The van der Waals surface area contributed by atoms with Crippen LogP contribution in [0.2, 0.25) is 0 Å². The summed E-state index contributed by atoms with van der Waals surface area (Å²) in [6.07, 6.45) is 4.13. The SMILES string of the molecule is CCN(CC)C(=O)[C@@H](C)[C@H]1CC[C@@]2(C)CC[C@H](NS(C)(=O)=O)[C@@H](C)[C@@H]2[C@H]1O. The molecular weight excluding hydrogens is 364 g/mol. The highest BCUT2D eigenvalue weighted by Gasteiger charge is 2.54. The normalized spacial score (nSPS) is 38.1. The molecule has 1 amide bonds. The maximum Gasteiger partial charge on any atom is 0.225 e. The van der Waals surface area contributed by atoms with Crippen LogP contribution in [-0.2, 0) is 14.8 Å². The summed E-state index contributed by atoms with van der Waals surface area (Å²) < 4.78 is 26.3. The van der Waals surface area contributed by atoms with E-state index in [9.17, 15) is 18.3 Å². The molecule has 0 unspecified atom stereocenters. The number of hydrogen-bond acceptors (Lipinski definition) is 4. The largest absolute Gasteiger partial charge is 0.392 e. The summed E-state index contributed by atoms with van der Waals surface area (Å²) in [5.41, 5.74) is 0.00296. The van der Waals surface area contributed by atoms with Crippen molar-refractivity contribution in [2.45, 2.75) is 72.4 Å². The van der Waals surface area contributed by atoms with Crippen molar-refractivity contribution in [3.63, 3.8) is 0 Å². The van der Waals surface area contributed by atoms with E-state index in [4.69, 9.17) is 0 Å². The van der Waals surface area contributed by atoms with Gasteiger partial charge < -0.3 is 10.0 Å². The van der Waals surface area contributed by atoms with Crippen molar-refractivity contribution >= 4 is 15.9 Å². The van der Waals surface area contributed by atoms with Gasteiger partial charge in [-0.1, -0.05) is 20.8 Å². The number of aliphatic hydroxyl groups excluding tert-OH is 1. The molecule has 0 aromatic carbocycles. The molecule has 2 saturated carbocycles. The van der Waals surface area contributed by atoms with Gasteiger partial charge in [0, 0.05) is 25.0 Å². The number of rotatable bonds is 6. The lowest BCUT2D eigenvalue weighted by Gasteiger charge is -2.56. The first-order chi connectivity index (χ1) is 12.4. The topological polar surface area (TPSA) is 86.7 Å². The fourth-order valence-corrected chi connectivity index (χ4v) is 6.62. The van der Waals surface area contributed by atoms with Crippen LogP contribution < -0.4 is 4.72 Å². The Kier molecular flexibility index (Phi) is 7.02. The summed E-state index contributed by atoms with van der Waals surface area (Å²) in [7, 11) is -3.29. The van der Waals surface area contributed by atoms with E-state index in [1.54, 1.807) is 0 Å². The number of amides is 1. The van der Waals surface area contributed by atoms with E-state index in [1.807, 2.05) is 32.6 Å². The van der Waals surface area contributed by atoms with Crippen LogP contribution >= 0.6 is 0 Å². The van der Waals surface area contributed by atoms with Crippen molar-refractivity contribution in [1.29, 1.82) is 0 Å². The first kappa shape index (κ1) is 22.6. The van der Waals surface area contributed by atoms with Crippen LogP contribution in [0, 0.1) is 29.1 Å². The fraction of sp³-hybridized carbons (Fsp3) is 0.950. The molecule has 2 fully saturated rings. The molecule has 0 spiro atoms. The molecule has 0 radical (unpaired) electrons. The molecule has 7 heteroatoms. The molecule has 158 valence electrons. The van der Waals surface area contributed by atoms with Gasteiger partial charge in [0.2, 0.25) is 15.9 Å². The average molecular weight is 403 g/mol. The number of fused-ring (bicyclic) bond motifs is 1. The van der Waals surface area contributed by atoms with Crippen LogP contribution in [0.4, 0.5) is 0 Å². The van der Waals surface area contributed by atoms with Crippen molar-refractivity contribution < 1.29 is 18.3 Å². The fourth-order valence-electron chi connectivity index (χ4n) is 5.74. The Balaban J connectivity index is 2.22. The van der Waals surface area contributed by atoms with Crippen molar-refractivity contribution in [3.8, 4) is 0 Å². The highest BCUT2D eigenvalue weighted by molar-refractivity contribution is 7.88. The average Bonchev–Trinajstić information content (AvgIpc) is 2.57. The molecule has 2 N–H and O–H groups in total. The molecule has 7 atom stereocenters. The number of hydrogen-bond donors (Lipinski definition) is 2. The zero-order chi connectivity index (χ0) is 20.6. The Bertz CT molecular complexity index is 634. The van der Waals surface area contributed by atoms with E-state index in [-0.39, 0.29) is 41.0 Å². The third kappa shape index (κ3) is 4.67. The minimum atomic E-state index is -3.29. The molecule has 0 bridgehead atoms. The van der Waals surface area contributed by atoms with Crippen LogP contribution in [0.25, 0.3) is 0 Å². The first-order valence-corrected chi connectivity index (χ1v) is 12.3. The van der Waals surface area contributed by atoms with Gasteiger partial charge in [-0.05, 0) is 62.7 Å². The standard InChI is InChI=1S/C20H38N2O4S/c1-7-22(8-2)19(24)13(3)15-9-11-20(5)12-10-16(21-27(6,25)26)14(4)17(20)18(15)23/h13-18,21,23H,7-12H2,1-6H3/t13-,14+,15+,16-,17+,18-,20-/m0/s1. The molecule has 2 rings (SSSR count). The van der Waals surface area contributed by atoms with Gasteiger partial charge in [0.05, 0.1) is 12.4 Å². The number of carbonyl (C=O) groups is 1. The molecule has 2 aliphatic rings. The quantitative estimate of drug-likeness (QED) is 0.713. The molecule has 2 aliphatic carbocycles. The molecule has 0 aromatic heterocycles. The van der Waals surface area contributed by atoms with Gasteiger partial charge in [-0.3, -0.25) is 4.79 Å². The van der Waals surface area contributed by atoms with Crippen LogP contribution in [0.1, 0.15) is 60.3 Å². The molecule has 0 heterocycles. The second kappa shape index (κ2) is 8.37. The Hall–Kier alpha value is -0.660. The molecule has 0 aromatic rings. The highest BCUT2D eigenvalue weighted by Crippen LogP contribution is 2.55. The van der Waals surface area contributed by atoms with Gasteiger partial charge in [-0.15, -0.1) is 0 Å². The van der Waals surface area contributed by atoms with Crippen LogP contribution in [0.5, 0.6) is 0 Å². The van der Waals surface area contributed by atoms with E-state index in [0.29, 0.717) is 13.1 Å². The second-order valence-corrected chi connectivity index (χ2v) is 10.8. The first-order valence-electron chi connectivity index (χ1n) is 10.4. The van der Waals surface area contributed by atoms with Crippen LogP contribution in [-0.4, -0.2) is 55.8 Å². The van der Waals surface area contributed by atoms with Gasteiger partial charge in [-0.25, -0.2) is 13.1 Å². The van der Waals surface area contributed by atoms with Crippen molar-refractivity contribution in [2.75, 3.05) is 19.3 Å². The number of nitrogens with zero attached hydrogens (tertiary/aromatic N) is 1. The lowest BCUT2D eigenvalue weighted by molar-refractivity contribution is -0.149. The molecule has 6 nitrogen and oxygen atoms in total. The highest BCUT2D eigenvalue weighted by atomic mass is 32.2. The molecular formula is C20H38N2O4S. The van der Waals surface area contributed by atoms with Gasteiger partial charge in [-0.2, -0.15) is 0 Å². The Morgan fingerprint density at radius 1 is 1.26 bits per heavy atom. The maximum atomic E-state index is 12.8. The lowest BCUT2D eigenvalue weighted by Crippen LogP contribution is -2.58. The number of sulfonamides is 1. The van der Waals surface area contributed by atoms with Crippen molar-refractivity contribution in [2.24, 2.45) is 29.1 Å². The van der Waals surface area contributed by atoms with Crippen molar-refractivity contribution in [1.82, 2.24) is 9.62 Å². The lowest BCUT2D eigenvalue weighted by atomic mass is 9.52. The number of nitrogens with one attached hydrogen (secondary N) is 1. The summed E-state index contributed by atoms with van der Waals surface area (Å²) in [6, 6.07) is -0.153. The Morgan fingerprint density at radius 2 is 1.81 bits per heavy atom. The van der Waals surface area contributed by atoms with E-state index in [1.165, 1.54) is 6.26 Å². The third-order valence-corrected chi connectivity index (χ3v) is 8.09. The van der Waals surface area contributed by atoms with E-state index < -0.39 is 16.1 Å². The van der Waals surface area contributed by atoms with Gasteiger partial charge >= 0.3 is 0 Å². The predicted molar refractivity (Wildman–Crippen MR) is 108 cm³/mol. The summed E-state index contributed by atoms with van der Waals surface area (Å²) in [5.74, 6) is -0.152. The van der Waals surface area contributed by atoms with Crippen molar-refractivity contribution in [3.05, 3.63) is 0 Å². The molecule has 0 saturated heterocycles. The summed E-state index contributed by atoms with van der Waals surface area (Å²) >= 11 is 0. The maximum absolute atomic E-state index is 12.8. The second-order valence-electron chi connectivity index (χ2n) is 9.07. The van der Waals surface area contributed by atoms with Gasteiger partial charge in [0.25, 0.3) is 0 Å². The Morgan fingerprint density at radius 3 is 2.33 bits per heavy atom. The predicted octanol–water partition coefficient (Wildman–Crippen LogP) is 2.23. The zero-order valence-electron chi connectivity index (χ0n) is 17.7. The minimum absolute atomic E-state index is 0.00296. The Labute approximate surface area is 165 Å². The van der Waals surface area contributed by atoms with Crippen LogP contribution in [0.15, 0.2) is 0 Å². The van der Waals surface area contributed by atoms with Crippen LogP contribution in [0.3, 0.4) is 0 Å². The van der Waals surface area contributed by atoms with Gasteiger partial charge in [0.15, 0.2) is 0 Å². The zero-order valence-corrected chi connectivity index (χ0v) is 18.6. The smallest absolute Gasteiger partial charge is 0.225 e. The number of aliphatic hydroxyl groups is 1. The van der Waals surface area contributed by atoms with E-state index >= 15 is 0 Å². The third-order valence-electron chi connectivity index (χ3n) is 7.36. The minimum Gasteiger partial charge on any atom is -0.392 e. The van der Waals surface area contributed by atoms with E-state index in [0.717, 1.165) is 25.7 Å². The summed E-state index contributed by atoms with van der Waals surface area (Å²) in [6.45, 7) is 11.5. The van der Waals surface area contributed by atoms with E-state index in [2.05, 4.69) is 11.6 Å².